The molecule has 2 aromatic rings. The molecule has 0 aliphatic carbocycles. The molecule has 2 rings (SSSR count). The van der Waals surface area contributed by atoms with Gasteiger partial charge >= 0.3 is 11.8 Å². The second-order valence-electron chi connectivity index (χ2n) is 5.02. The van der Waals surface area contributed by atoms with Gasteiger partial charge in [0.05, 0.1) is 12.6 Å². The summed E-state index contributed by atoms with van der Waals surface area (Å²) in [6, 6.07) is 18.5. The van der Waals surface area contributed by atoms with E-state index >= 15 is 0 Å². The highest BCUT2D eigenvalue weighted by Crippen LogP contribution is 2.10. The average molecular weight is 312 g/mol. The number of hydrogen-bond donors (Lipinski definition) is 2. The predicted octanol–water partition coefficient (Wildman–Crippen LogP) is 2.06. The topological polar surface area (TPSA) is 67.4 Å². The summed E-state index contributed by atoms with van der Waals surface area (Å²) in [7, 11) is 0. The fourth-order valence-corrected chi connectivity index (χ4v) is 2.02. The molecule has 2 amide bonds. The summed E-state index contributed by atoms with van der Waals surface area (Å²) in [5, 5.41) is 5.20. The van der Waals surface area contributed by atoms with Gasteiger partial charge in [-0.05, 0) is 24.6 Å². The Bertz CT molecular complexity index is 629. The Morgan fingerprint density at radius 3 is 2.22 bits per heavy atom. The monoisotopic (exact) mass is 312 g/mol. The Morgan fingerprint density at radius 2 is 1.57 bits per heavy atom. The number of para-hydroxylation sites is 1. The molecule has 0 unspecified atom stereocenters. The van der Waals surface area contributed by atoms with Gasteiger partial charge in [0.25, 0.3) is 0 Å². The van der Waals surface area contributed by atoms with Gasteiger partial charge < -0.3 is 15.4 Å². The van der Waals surface area contributed by atoms with E-state index in [0.29, 0.717) is 6.61 Å². The van der Waals surface area contributed by atoms with Gasteiger partial charge in [-0.3, -0.25) is 9.59 Å². The second-order valence-corrected chi connectivity index (χ2v) is 5.02. The maximum atomic E-state index is 11.8. The van der Waals surface area contributed by atoms with E-state index in [9.17, 15) is 9.59 Å². The van der Waals surface area contributed by atoms with E-state index < -0.39 is 11.8 Å². The highest BCUT2D eigenvalue weighted by atomic mass is 16.5. The normalized spacial score (nSPS) is 11.3. The number of ether oxygens (including phenoxy) is 1. The van der Waals surface area contributed by atoms with E-state index in [-0.39, 0.29) is 12.6 Å². The molecule has 0 saturated carbocycles. The van der Waals surface area contributed by atoms with Gasteiger partial charge in [-0.25, -0.2) is 0 Å². The van der Waals surface area contributed by atoms with Crippen molar-refractivity contribution >= 4 is 11.8 Å². The lowest BCUT2D eigenvalue weighted by atomic mass is 10.1. The number of nitrogens with one attached hydrogen (secondary N) is 2. The largest absolute Gasteiger partial charge is 0.492 e. The van der Waals surface area contributed by atoms with Crippen LogP contribution in [0.5, 0.6) is 5.75 Å². The van der Waals surface area contributed by atoms with Gasteiger partial charge in [-0.15, -0.1) is 0 Å². The fourth-order valence-electron chi connectivity index (χ4n) is 2.02. The molecule has 5 nitrogen and oxygen atoms in total. The lowest BCUT2D eigenvalue weighted by Crippen LogP contribution is -2.42. The van der Waals surface area contributed by atoms with Crippen molar-refractivity contribution < 1.29 is 14.3 Å². The molecule has 0 aromatic heterocycles. The molecule has 5 heteroatoms. The summed E-state index contributed by atoms with van der Waals surface area (Å²) in [5.74, 6) is -0.589. The van der Waals surface area contributed by atoms with Crippen LogP contribution in [-0.4, -0.2) is 25.0 Å². The first kappa shape index (κ1) is 16.5. The van der Waals surface area contributed by atoms with E-state index in [1.165, 1.54) is 0 Å². The molecule has 0 aliphatic heterocycles. The molecule has 2 N–H and O–H groups in total. The molecule has 0 saturated heterocycles. The minimum absolute atomic E-state index is 0.227. The van der Waals surface area contributed by atoms with Crippen LogP contribution in [0.3, 0.4) is 0 Å². The lowest BCUT2D eigenvalue weighted by Gasteiger charge is -2.14. The van der Waals surface area contributed by atoms with E-state index in [4.69, 9.17) is 4.74 Å². The van der Waals surface area contributed by atoms with Crippen molar-refractivity contribution in [3.8, 4) is 5.75 Å². The number of carbonyl (C=O) groups excluding carboxylic acids is 2. The van der Waals surface area contributed by atoms with Crippen molar-refractivity contribution in [1.29, 1.82) is 0 Å². The van der Waals surface area contributed by atoms with Crippen molar-refractivity contribution in [1.82, 2.24) is 10.6 Å². The van der Waals surface area contributed by atoms with E-state index in [0.717, 1.165) is 11.3 Å². The summed E-state index contributed by atoms with van der Waals surface area (Å²) in [6.07, 6.45) is 0. The third-order valence-corrected chi connectivity index (χ3v) is 3.25. The third-order valence-electron chi connectivity index (χ3n) is 3.25. The smallest absolute Gasteiger partial charge is 0.309 e. The zero-order valence-electron chi connectivity index (χ0n) is 13.0. The van der Waals surface area contributed by atoms with E-state index in [2.05, 4.69) is 10.6 Å². The minimum Gasteiger partial charge on any atom is -0.492 e. The average Bonchev–Trinajstić information content (AvgIpc) is 2.60. The van der Waals surface area contributed by atoms with Crippen LogP contribution in [0.4, 0.5) is 0 Å². The standard InChI is InChI=1S/C18H20N2O3/c1-14(15-8-4-2-5-9-15)20-18(22)17(21)19-12-13-23-16-10-6-3-7-11-16/h2-11,14H,12-13H2,1H3,(H,19,21)(H,20,22)/t14-/m0/s1. The van der Waals surface area contributed by atoms with Gasteiger partial charge in [0.2, 0.25) is 0 Å². The van der Waals surface area contributed by atoms with Crippen LogP contribution >= 0.6 is 0 Å². The number of rotatable bonds is 6. The van der Waals surface area contributed by atoms with Gasteiger partial charge in [-0.1, -0.05) is 48.5 Å². The summed E-state index contributed by atoms with van der Waals surface area (Å²) >= 11 is 0. The third kappa shape index (κ3) is 5.47. The highest BCUT2D eigenvalue weighted by Gasteiger charge is 2.16. The SMILES string of the molecule is C[C@H](NC(=O)C(=O)NCCOc1ccccc1)c1ccccc1. The van der Waals surface area contributed by atoms with Gasteiger partial charge in [-0.2, -0.15) is 0 Å². The van der Waals surface area contributed by atoms with Crippen molar-refractivity contribution in [3.63, 3.8) is 0 Å². The van der Waals surface area contributed by atoms with Crippen LogP contribution in [0.15, 0.2) is 60.7 Å². The van der Waals surface area contributed by atoms with Crippen molar-refractivity contribution in [2.45, 2.75) is 13.0 Å². The molecule has 0 radical (unpaired) electrons. The van der Waals surface area contributed by atoms with Crippen molar-refractivity contribution in [3.05, 3.63) is 66.2 Å². The number of benzene rings is 2. The van der Waals surface area contributed by atoms with E-state index in [1.807, 2.05) is 67.6 Å². The van der Waals surface area contributed by atoms with Crippen molar-refractivity contribution in [2.75, 3.05) is 13.2 Å². The maximum Gasteiger partial charge on any atom is 0.309 e. The summed E-state index contributed by atoms with van der Waals surface area (Å²) in [5.41, 5.74) is 0.945. The molecule has 2 aromatic carbocycles. The Balaban J connectivity index is 1.70. The van der Waals surface area contributed by atoms with Crippen LogP contribution in [0.25, 0.3) is 0 Å². The number of hydrogen-bond acceptors (Lipinski definition) is 3. The summed E-state index contributed by atoms with van der Waals surface area (Å²) in [6.45, 7) is 2.40. The quantitative estimate of drug-likeness (QED) is 0.634. The van der Waals surface area contributed by atoms with Crippen LogP contribution in [0.2, 0.25) is 0 Å². The van der Waals surface area contributed by atoms with Crippen LogP contribution in [0, 0.1) is 0 Å². The molecule has 0 fully saturated rings. The zero-order valence-corrected chi connectivity index (χ0v) is 13.0. The van der Waals surface area contributed by atoms with Crippen molar-refractivity contribution in [2.24, 2.45) is 0 Å². The van der Waals surface area contributed by atoms with Crippen LogP contribution < -0.4 is 15.4 Å². The van der Waals surface area contributed by atoms with Gasteiger partial charge in [0.15, 0.2) is 0 Å². The Labute approximate surface area is 135 Å². The van der Waals surface area contributed by atoms with Crippen LogP contribution in [0.1, 0.15) is 18.5 Å². The Kier molecular flexibility index (Phi) is 6.17. The molecule has 0 bridgehead atoms. The zero-order chi connectivity index (χ0) is 16.5. The number of amides is 2. The highest BCUT2D eigenvalue weighted by molar-refractivity contribution is 6.35. The number of carbonyl (C=O) groups is 2. The Hall–Kier alpha value is -2.82. The Morgan fingerprint density at radius 1 is 0.957 bits per heavy atom. The van der Waals surface area contributed by atoms with E-state index in [1.54, 1.807) is 0 Å². The summed E-state index contributed by atoms with van der Waals surface area (Å²) < 4.78 is 5.44. The first-order chi connectivity index (χ1) is 11.2. The molecular weight excluding hydrogens is 292 g/mol. The molecule has 120 valence electrons. The summed E-state index contributed by atoms with van der Waals surface area (Å²) in [4.78, 5) is 23.6. The molecule has 0 heterocycles. The second kappa shape index (κ2) is 8.58. The predicted molar refractivity (Wildman–Crippen MR) is 87.9 cm³/mol. The maximum absolute atomic E-state index is 11.8. The lowest BCUT2D eigenvalue weighted by molar-refractivity contribution is -0.139. The fraction of sp³-hybridized carbons (Fsp3) is 0.222. The first-order valence-electron chi connectivity index (χ1n) is 7.48. The van der Waals surface area contributed by atoms with Gasteiger partial charge in [0, 0.05) is 0 Å². The van der Waals surface area contributed by atoms with Crippen LogP contribution in [-0.2, 0) is 9.59 Å². The molecule has 0 aliphatic rings. The minimum atomic E-state index is -0.663. The molecular formula is C18H20N2O3. The first-order valence-corrected chi connectivity index (χ1v) is 7.48. The molecule has 0 spiro atoms. The molecule has 23 heavy (non-hydrogen) atoms. The molecule has 1 atom stereocenters. The van der Waals surface area contributed by atoms with Gasteiger partial charge in [0.1, 0.15) is 12.4 Å².